The monoisotopic (exact) mass is 309 g/mol. The van der Waals surface area contributed by atoms with Crippen LogP contribution < -0.4 is 11.2 Å². The third kappa shape index (κ3) is 4.09. The van der Waals surface area contributed by atoms with Gasteiger partial charge in [0.2, 0.25) is 15.7 Å². The first-order valence-corrected chi connectivity index (χ1v) is 7.93. The largest absolute Gasteiger partial charge is 0.352 e. The molecule has 21 heavy (non-hydrogen) atoms. The molecule has 1 aliphatic rings. The number of carbonyl (C=O) groups is 1. The standard InChI is InChI=1S/C12H15N5O3S/c13-17-16-12(15-9-4-2-1-3-5-9)21(19,20)8-10-6-7-11(18)14-10/h1-5,10H,6-8H2,(H,14,18)(H2,13,15,16)/t10-/m1/s1. The molecule has 1 saturated heterocycles. The highest BCUT2D eigenvalue weighted by Gasteiger charge is 2.30. The molecule has 1 aliphatic heterocycles. The molecule has 1 aromatic carbocycles. The molecule has 0 unspecified atom stereocenters. The number of nitrogens with zero attached hydrogens (tertiary/aromatic N) is 3. The van der Waals surface area contributed by atoms with Crippen molar-refractivity contribution in [3.05, 3.63) is 30.3 Å². The van der Waals surface area contributed by atoms with Gasteiger partial charge in [-0.25, -0.2) is 13.4 Å². The maximum atomic E-state index is 12.3. The lowest BCUT2D eigenvalue weighted by molar-refractivity contribution is -0.119. The van der Waals surface area contributed by atoms with Crippen LogP contribution in [0.15, 0.2) is 45.7 Å². The SMILES string of the molecule is NN=NC(=Nc1ccccc1)S(=O)(=O)C[C@H]1CCC(=O)N1. The van der Waals surface area contributed by atoms with Crippen molar-refractivity contribution in [1.82, 2.24) is 5.32 Å². The second-order valence-electron chi connectivity index (χ2n) is 4.53. The molecule has 3 N–H and O–H groups in total. The Balaban J connectivity index is 2.24. The van der Waals surface area contributed by atoms with Crippen LogP contribution in [0.1, 0.15) is 12.8 Å². The highest BCUT2D eigenvalue weighted by atomic mass is 32.2. The summed E-state index contributed by atoms with van der Waals surface area (Å²) in [6.07, 6.45) is 0.792. The van der Waals surface area contributed by atoms with Crippen molar-refractivity contribution < 1.29 is 13.2 Å². The van der Waals surface area contributed by atoms with E-state index in [1.54, 1.807) is 30.3 Å². The summed E-state index contributed by atoms with van der Waals surface area (Å²) in [6.45, 7) is 0. The molecule has 0 bridgehead atoms. The first kappa shape index (κ1) is 15.1. The van der Waals surface area contributed by atoms with E-state index in [1.165, 1.54) is 0 Å². The van der Waals surface area contributed by atoms with Gasteiger partial charge in [-0.2, -0.15) is 0 Å². The summed E-state index contributed by atoms with van der Waals surface area (Å²) in [5.41, 5.74) is 0.430. The van der Waals surface area contributed by atoms with Gasteiger partial charge in [-0.3, -0.25) is 4.79 Å². The number of para-hydroxylation sites is 1. The minimum Gasteiger partial charge on any atom is -0.352 e. The van der Waals surface area contributed by atoms with Crippen LogP contribution in [0.3, 0.4) is 0 Å². The topological polar surface area (TPSA) is 126 Å². The Bertz CT molecular complexity index is 669. The first-order chi connectivity index (χ1) is 10.0. The number of benzene rings is 1. The Labute approximate surface area is 122 Å². The molecule has 112 valence electrons. The molecule has 1 amide bonds. The molecular formula is C12H15N5O3S. The minimum atomic E-state index is -3.79. The zero-order valence-corrected chi connectivity index (χ0v) is 12.0. The molecule has 0 aromatic heterocycles. The molecule has 0 radical (unpaired) electrons. The average molecular weight is 309 g/mol. The predicted molar refractivity (Wildman–Crippen MR) is 77.5 cm³/mol. The second kappa shape index (κ2) is 6.44. The Morgan fingerprint density at radius 3 is 2.62 bits per heavy atom. The molecule has 9 heteroatoms. The number of amides is 1. The van der Waals surface area contributed by atoms with E-state index < -0.39 is 21.0 Å². The Kier molecular flexibility index (Phi) is 4.63. The molecule has 1 atom stereocenters. The van der Waals surface area contributed by atoms with E-state index in [-0.39, 0.29) is 11.7 Å². The van der Waals surface area contributed by atoms with Crippen molar-refractivity contribution >= 4 is 26.6 Å². The Morgan fingerprint density at radius 2 is 2.05 bits per heavy atom. The van der Waals surface area contributed by atoms with Crippen LogP contribution >= 0.6 is 0 Å². The van der Waals surface area contributed by atoms with E-state index >= 15 is 0 Å². The minimum absolute atomic E-state index is 0.155. The van der Waals surface area contributed by atoms with Gasteiger partial charge in [0.15, 0.2) is 0 Å². The zero-order valence-electron chi connectivity index (χ0n) is 11.1. The number of rotatable bonds is 3. The van der Waals surface area contributed by atoms with Gasteiger partial charge in [0.1, 0.15) is 0 Å². The highest BCUT2D eigenvalue weighted by molar-refractivity contribution is 8.06. The van der Waals surface area contributed by atoms with E-state index in [0.29, 0.717) is 18.5 Å². The lowest BCUT2D eigenvalue weighted by Crippen LogP contribution is -2.34. The number of amidine groups is 1. The van der Waals surface area contributed by atoms with Gasteiger partial charge >= 0.3 is 0 Å². The van der Waals surface area contributed by atoms with Crippen LogP contribution in [0.25, 0.3) is 0 Å². The normalized spacial score (nSPS) is 19.9. The number of aliphatic imine (C=N–C) groups is 1. The van der Waals surface area contributed by atoms with E-state index in [9.17, 15) is 13.2 Å². The predicted octanol–water partition coefficient (Wildman–Crippen LogP) is 0.693. The maximum Gasteiger partial charge on any atom is 0.269 e. The Hall–Kier alpha value is -2.29. The summed E-state index contributed by atoms with van der Waals surface area (Å²) in [5.74, 6) is 4.52. The van der Waals surface area contributed by atoms with Crippen LogP contribution in [-0.4, -0.2) is 31.3 Å². The van der Waals surface area contributed by atoms with Crippen LogP contribution in [0, 0.1) is 0 Å². The van der Waals surface area contributed by atoms with Crippen molar-refractivity contribution in [1.29, 1.82) is 0 Å². The van der Waals surface area contributed by atoms with Gasteiger partial charge in [0.25, 0.3) is 5.17 Å². The van der Waals surface area contributed by atoms with Gasteiger partial charge in [0.05, 0.1) is 11.4 Å². The highest BCUT2D eigenvalue weighted by Crippen LogP contribution is 2.15. The third-order valence-corrected chi connectivity index (χ3v) is 4.48. The van der Waals surface area contributed by atoms with E-state index in [4.69, 9.17) is 5.84 Å². The summed E-state index contributed by atoms with van der Waals surface area (Å²) in [4.78, 5) is 15.1. The summed E-state index contributed by atoms with van der Waals surface area (Å²) < 4.78 is 24.6. The zero-order chi connectivity index (χ0) is 15.3. The molecular weight excluding hydrogens is 294 g/mol. The molecule has 0 aliphatic carbocycles. The molecule has 2 rings (SSSR count). The first-order valence-electron chi connectivity index (χ1n) is 6.28. The van der Waals surface area contributed by atoms with Crippen molar-refractivity contribution in [2.45, 2.75) is 18.9 Å². The van der Waals surface area contributed by atoms with E-state index in [1.807, 2.05) is 0 Å². The van der Waals surface area contributed by atoms with E-state index in [2.05, 4.69) is 20.6 Å². The third-order valence-electron chi connectivity index (χ3n) is 2.91. The van der Waals surface area contributed by atoms with Crippen LogP contribution in [0.2, 0.25) is 0 Å². The molecule has 1 aromatic rings. The van der Waals surface area contributed by atoms with Crippen LogP contribution in [-0.2, 0) is 14.6 Å². The number of carbonyl (C=O) groups excluding carboxylic acids is 1. The van der Waals surface area contributed by atoms with Crippen LogP contribution in [0.4, 0.5) is 5.69 Å². The van der Waals surface area contributed by atoms with Gasteiger partial charge in [0, 0.05) is 12.5 Å². The molecule has 0 saturated carbocycles. The molecule has 0 spiro atoms. The van der Waals surface area contributed by atoms with Crippen LogP contribution in [0.5, 0.6) is 0 Å². The van der Waals surface area contributed by atoms with Crippen molar-refractivity contribution in [3.8, 4) is 0 Å². The van der Waals surface area contributed by atoms with Gasteiger partial charge in [-0.1, -0.05) is 28.5 Å². The fourth-order valence-corrected chi connectivity index (χ4v) is 3.30. The molecule has 1 heterocycles. The summed E-state index contributed by atoms with van der Waals surface area (Å²) in [5, 5.41) is 8.55. The Morgan fingerprint density at radius 1 is 1.33 bits per heavy atom. The van der Waals surface area contributed by atoms with Crippen molar-refractivity contribution in [2.75, 3.05) is 5.75 Å². The average Bonchev–Trinajstić information content (AvgIpc) is 2.84. The quantitative estimate of drug-likeness (QED) is 0.280. The van der Waals surface area contributed by atoms with Gasteiger partial charge in [-0.15, -0.1) is 0 Å². The van der Waals surface area contributed by atoms with Gasteiger partial charge in [-0.05, 0) is 18.6 Å². The second-order valence-corrected chi connectivity index (χ2v) is 6.46. The lowest BCUT2D eigenvalue weighted by Gasteiger charge is -2.09. The van der Waals surface area contributed by atoms with Crippen molar-refractivity contribution in [2.24, 2.45) is 21.2 Å². The lowest BCUT2D eigenvalue weighted by atomic mass is 10.2. The smallest absolute Gasteiger partial charge is 0.269 e. The number of hydrogen-bond donors (Lipinski definition) is 2. The summed E-state index contributed by atoms with van der Waals surface area (Å²) in [7, 11) is -3.79. The summed E-state index contributed by atoms with van der Waals surface area (Å²) in [6, 6.07) is 8.07. The molecule has 1 fully saturated rings. The number of sulfone groups is 1. The number of nitrogens with one attached hydrogen (secondary N) is 1. The number of hydrogen-bond acceptors (Lipinski definition) is 5. The van der Waals surface area contributed by atoms with E-state index in [0.717, 1.165) is 0 Å². The summed E-state index contributed by atoms with van der Waals surface area (Å²) >= 11 is 0. The van der Waals surface area contributed by atoms with Crippen molar-refractivity contribution in [3.63, 3.8) is 0 Å². The fraction of sp³-hybridized carbons (Fsp3) is 0.333. The number of nitrogens with two attached hydrogens (primary N) is 1. The molecule has 8 nitrogen and oxygen atoms in total. The maximum absolute atomic E-state index is 12.3. The van der Waals surface area contributed by atoms with Gasteiger partial charge < -0.3 is 11.2 Å². The fourth-order valence-electron chi connectivity index (χ4n) is 1.96.